The molecule has 0 saturated carbocycles. The fourth-order valence-corrected chi connectivity index (χ4v) is 4.35. The molecule has 3 rings (SSSR count). The summed E-state index contributed by atoms with van der Waals surface area (Å²) in [5.74, 6) is 0. The first-order valence-corrected chi connectivity index (χ1v) is 10.5. The molecule has 5 nitrogen and oxygen atoms in total. The van der Waals surface area contributed by atoms with E-state index in [9.17, 15) is 8.42 Å². The summed E-state index contributed by atoms with van der Waals surface area (Å²) in [4.78, 5) is 5.06. The van der Waals surface area contributed by atoms with E-state index in [2.05, 4.69) is 46.6 Å². The Bertz CT molecular complexity index is 829. The number of benzene rings is 2. The van der Waals surface area contributed by atoms with Crippen LogP contribution in [0.25, 0.3) is 0 Å². The molecule has 1 N–H and O–H groups in total. The Labute approximate surface area is 156 Å². The molecule has 0 spiro atoms. The molecule has 1 heterocycles. The Morgan fingerprint density at radius 1 is 0.923 bits per heavy atom. The van der Waals surface area contributed by atoms with E-state index < -0.39 is 10.0 Å². The molecule has 0 bridgehead atoms. The van der Waals surface area contributed by atoms with E-state index >= 15 is 0 Å². The summed E-state index contributed by atoms with van der Waals surface area (Å²) in [7, 11) is -3.41. The first-order valence-electron chi connectivity index (χ1n) is 9.05. The largest absolute Gasteiger partial charge is 0.369 e. The lowest BCUT2D eigenvalue weighted by Crippen LogP contribution is -2.48. The Morgan fingerprint density at radius 2 is 1.62 bits per heavy atom. The van der Waals surface area contributed by atoms with Crippen LogP contribution in [-0.4, -0.2) is 52.6 Å². The third kappa shape index (κ3) is 4.44. The van der Waals surface area contributed by atoms with Gasteiger partial charge in [-0.2, -0.15) is 0 Å². The number of hydrogen-bond acceptors (Lipinski definition) is 4. The van der Waals surface area contributed by atoms with Gasteiger partial charge in [-0.1, -0.05) is 30.3 Å². The van der Waals surface area contributed by atoms with Crippen molar-refractivity contribution in [2.75, 3.05) is 44.2 Å². The zero-order valence-corrected chi connectivity index (χ0v) is 16.3. The molecular formula is C20H27N3O2S. The predicted molar refractivity (Wildman–Crippen MR) is 106 cm³/mol. The molecule has 140 valence electrons. The van der Waals surface area contributed by atoms with Gasteiger partial charge in [-0.3, -0.25) is 4.90 Å². The van der Waals surface area contributed by atoms with Crippen LogP contribution in [0.1, 0.15) is 11.1 Å². The monoisotopic (exact) mass is 373 g/mol. The molecule has 0 aliphatic carbocycles. The van der Waals surface area contributed by atoms with Crippen LogP contribution in [0.5, 0.6) is 0 Å². The highest BCUT2D eigenvalue weighted by Crippen LogP contribution is 2.23. The lowest BCUT2D eigenvalue weighted by Gasteiger charge is -2.37. The SMILES string of the molecule is Cc1cccc(N2CCN(CCNS(=O)(=O)c3ccccc3)CC2)c1C. The molecule has 0 atom stereocenters. The minimum atomic E-state index is -3.41. The van der Waals surface area contributed by atoms with Gasteiger partial charge in [0.15, 0.2) is 0 Å². The van der Waals surface area contributed by atoms with E-state index in [1.807, 2.05) is 6.07 Å². The Kier molecular flexibility index (Phi) is 5.96. The number of nitrogens with one attached hydrogen (secondary N) is 1. The Hall–Kier alpha value is -1.89. The highest BCUT2D eigenvalue weighted by molar-refractivity contribution is 7.89. The molecule has 26 heavy (non-hydrogen) atoms. The van der Waals surface area contributed by atoms with Gasteiger partial charge in [-0.15, -0.1) is 0 Å². The van der Waals surface area contributed by atoms with Gasteiger partial charge in [0.1, 0.15) is 0 Å². The van der Waals surface area contributed by atoms with Crippen molar-refractivity contribution in [2.45, 2.75) is 18.7 Å². The lowest BCUT2D eigenvalue weighted by atomic mass is 10.1. The minimum absolute atomic E-state index is 0.319. The summed E-state index contributed by atoms with van der Waals surface area (Å²) < 4.78 is 27.2. The quantitative estimate of drug-likeness (QED) is 0.845. The van der Waals surface area contributed by atoms with Crippen molar-refractivity contribution in [3.8, 4) is 0 Å². The van der Waals surface area contributed by atoms with Crippen LogP contribution in [-0.2, 0) is 10.0 Å². The summed E-state index contributed by atoms with van der Waals surface area (Å²) in [6.45, 7) is 9.31. The van der Waals surface area contributed by atoms with Gasteiger partial charge in [0.25, 0.3) is 0 Å². The maximum Gasteiger partial charge on any atom is 0.240 e. The third-order valence-electron chi connectivity index (χ3n) is 5.06. The van der Waals surface area contributed by atoms with Crippen molar-refractivity contribution >= 4 is 15.7 Å². The average molecular weight is 374 g/mol. The van der Waals surface area contributed by atoms with Crippen molar-refractivity contribution in [1.29, 1.82) is 0 Å². The predicted octanol–water partition coefficient (Wildman–Crippen LogP) is 2.40. The van der Waals surface area contributed by atoms with Gasteiger partial charge in [0.2, 0.25) is 10.0 Å². The second kappa shape index (κ2) is 8.20. The summed E-state index contributed by atoms with van der Waals surface area (Å²) in [5.41, 5.74) is 3.98. The van der Waals surface area contributed by atoms with Gasteiger partial charge >= 0.3 is 0 Å². The summed E-state index contributed by atoms with van der Waals surface area (Å²) >= 11 is 0. The Morgan fingerprint density at radius 3 is 2.31 bits per heavy atom. The van der Waals surface area contributed by atoms with Crippen molar-refractivity contribution in [2.24, 2.45) is 0 Å². The molecule has 0 amide bonds. The van der Waals surface area contributed by atoms with E-state index in [0.29, 0.717) is 11.4 Å². The highest BCUT2D eigenvalue weighted by Gasteiger charge is 2.19. The molecule has 1 fully saturated rings. The summed E-state index contributed by atoms with van der Waals surface area (Å²) in [5, 5.41) is 0. The van der Waals surface area contributed by atoms with Crippen molar-refractivity contribution < 1.29 is 8.42 Å². The topological polar surface area (TPSA) is 52.6 Å². The lowest BCUT2D eigenvalue weighted by molar-refractivity contribution is 0.262. The van der Waals surface area contributed by atoms with Crippen LogP contribution < -0.4 is 9.62 Å². The maximum atomic E-state index is 12.2. The molecule has 1 aliphatic rings. The van der Waals surface area contributed by atoms with Crippen LogP contribution in [0.2, 0.25) is 0 Å². The molecule has 1 saturated heterocycles. The zero-order valence-electron chi connectivity index (χ0n) is 15.5. The smallest absolute Gasteiger partial charge is 0.240 e. The fraction of sp³-hybridized carbons (Fsp3) is 0.400. The second-order valence-electron chi connectivity index (χ2n) is 6.76. The van der Waals surface area contributed by atoms with E-state index in [1.165, 1.54) is 16.8 Å². The van der Waals surface area contributed by atoms with Crippen LogP contribution in [0.15, 0.2) is 53.4 Å². The third-order valence-corrected chi connectivity index (χ3v) is 6.54. The summed E-state index contributed by atoms with van der Waals surface area (Å²) in [6, 6.07) is 15.0. The molecule has 0 aromatic heterocycles. The van der Waals surface area contributed by atoms with Gasteiger partial charge in [-0.25, -0.2) is 13.1 Å². The zero-order chi connectivity index (χ0) is 18.6. The number of nitrogens with zero attached hydrogens (tertiary/aromatic N) is 2. The maximum absolute atomic E-state index is 12.2. The second-order valence-corrected chi connectivity index (χ2v) is 8.53. The minimum Gasteiger partial charge on any atom is -0.369 e. The van der Waals surface area contributed by atoms with Crippen molar-refractivity contribution in [3.63, 3.8) is 0 Å². The van der Waals surface area contributed by atoms with Crippen molar-refractivity contribution in [1.82, 2.24) is 9.62 Å². The fourth-order valence-electron chi connectivity index (χ4n) is 3.31. The van der Waals surface area contributed by atoms with E-state index in [1.54, 1.807) is 24.3 Å². The van der Waals surface area contributed by atoms with Gasteiger partial charge < -0.3 is 4.90 Å². The van der Waals surface area contributed by atoms with E-state index in [0.717, 1.165) is 32.7 Å². The van der Waals surface area contributed by atoms with Gasteiger partial charge in [-0.05, 0) is 43.2 Å². The first kappa shape index (κ1) is 18.9. The molecule has 1 aliphatic heterocycles. The molecule has 2 aromatic carbocycles. The number of piperazine rings is 1. The number of hydrogen-bond donors (Lipinski definition) is 1. The molecule has 0 radical (unpaired) electrons. The van der Waals surface area contributed by atoms with E-state index in [4.69, 9.17) is 0 Å². The van der Waals surface area contributed by atoms with Gasteiger partial charge in [0, 0.05) is 45.0 Å². The van der Waals surface area contributed by atoms with Crippen LogP contribution in [0.3, 0.4) is 0 Å². The molecule has 6 heteroatoms. The molecule has 2 aromatic rings. The highest BCUT2D eigenvalue weighted by atomic mass is 32.2. The number of anilines is 1. The van der Waals surface area contributed by atoms with Crippen LogP contribution in [0, 0.1) is 13.8 Å². The summed E-state index contributed by atoms with van der Waals surface area (Å²) in [6.07, 6.45) is 0. The van der Waals surface area contributed by atoms with Gasteiger partial charge in [0.05, 0.1) is 4.90 Å². The number of rotatable bonds is 6. The van der Waals surface area contributed by atoms with Crippen molar-refractivity contribution in [3.05, 3.63) is 59.7 Å². The van der Waals surface area contributed by atoms with Crippen LogP contribution in [0.4, 0.5) is 5.69 Å². The molecule has 0 unspecified atom stereocenters. The van der Waals surface area contributed by atoms with E-state index in [-0.39, 0.29) is 0 Å². The number of aryl methyl sites for hydroxylation is 1. The molecular weight excluding hydrogens is 346 g/mol. The standard InChI is InChI=1S/C20H27N3O2S/c1-17-7-6-10-20(18(17)2)23-15-13-22(14-16-23)12-11-21-26(24,25)19-8-4-3-5-9-19/h3-10,21H,11-16H2,1-2H3. The van der Waals surface area contributed by atoms with Crippen LogP contribution >= 0.6 is 0 Å². The normalized spacial score (nSPS) is 16.0. The first-order chi connectivity index (χ1) is 12.5. The average Bonchev–Trinajstić information content (AvgIpc) is 2.65. The Balaban J connectivity index is 1.48. The number of sulfonamides is 1.